The standard InChI is InChI=1S/C26H33N5O2.2C2H2O4/c32-26(27-17-22-9-6-16-33-22)20-30-14-12-29(13-15-30)19-25-28-23-10-4-5-11-24(23)31(25)18-21-7-2-1-3-8-21;2*3-1(4)2(5)6/h1-5,7-8,10-11,22H,6,9,12-20H2,(H,27,32);2*(H,3,4)(H,5,6). The van der Waals surface area contributed by atoms with Gasteiger partial charge in [-0.15, -0.1) is 0 Å². The number of hydrogen-bond acceptors (Lipinski definition) is 9. The molecule has 2 aliphatic heterocycles. The zero-order chi connectivity index (χ0) is 32.8. The summed E-state index contributed by atoms with van der Waals surface area (Å²) in [6.07, 6.45) is 2.34. The normalized spacial score (nSPS) is 16.5. The number of nitrogens with one attached hydrogen (secondary N) is 1. The van der Waals surface area contributed by atoms with Gasteiger partial charge in [0.25, 0.3) is 0 Å². The monoisotopic (exact) mass is 627 g/mol. The molecule has 242 valence electrons. The summed E-state index contributed by atoms with van der Waals surface area (Å²) in [5.74, 6) is -6.10. The second-order valence-corrected chi connectivity index (χ2v) is 10.3. The molecule has 0 bridgehead atoms. The van der Waals surface area contributed by atoms with Crippen LogP contribution in [0.4, 0.5) is 0 Å². The van der Waals surface area contributed by atoms with Crippen molar-refractivity contribution in [2.24, 2.45) is 0 Å². The molecule has 2 fully saturated rings. The van der Waals surface area contributed by atoms with E-state index in [1.54, 1.807) is 0 Å². The van der Waals surface area contributed by atoms with E-state index < -0.39 is 23.9 Å². The van der Waals surface area contributed by atoms with E-state index >= 15 is 0 Å². The fourth-order valence-corrected chi connectivity index (χ4v) is 4.79. The van der Waals surface area contributed by atoms with Gasteiger partial charge in [-0.3, -0.25) is 14.6 Å². The maximum Gasteiger partial charge on any atom is 0.414 e. The predicted molar refractivity (Wildman–Crippen MR) is 160 cm³/mol. The minimum absolute atomic E-state index is 0.101. The highest BCUT2D eigenvalue weighted by atomic mass is 16.5. The number of carbonyl (C=O) groups is 5. The van der Waals surface area contributed by atoms with Crippen LogP contribution in [0.2, 0.25) is 0 Å². The molecule has 2 aliphatic rings. The maximum absolute atomic E-state index is 12.3. The number of carboxylic acids is 4. The molecule has 3 aromatic rings. The van der Waals surface area contributed by atoms with Crippen molar-refractivity contribution in [2.45, 2.75) is 32.0 Å². The number of benzene rings is 2. The van der Waals surface area contributed by atoms with Gasteiger partial charge in [0.1, 0.15) is 5.82 Å². The molecule has 0 aliphatic carbocycles. The summed E-state index contributed by atoms with van der Waals surface area (Å²) in [7, 11) is 0. The van der Waals surface area contributed by atoms with E-state index in [9.17, 15) is 4.79 Å². The fraction of sp³-hybridized carbons (Fsp3) is 0.400. The SMILES string of the molecule is O=C(CN1CCN(Cc2nc3ccccc3n2Cc2ccccc2)CC1)NCC1CCCO1.O=C(O)C(=O)O.O=C(O)C(=O)O. The summed E-state index contributed by atoms with van der Waals surface area (Å²) in [6, 6.07) is 18.9. The highest BCUT2D eigenvalue weighted by molar-refractivity contribution is 6.27. The Morgan fingerprint density at radius 3 is 1.93 bits per heavy atom. The van der Waals surface area contributed by atoms with Crippen LogP contribution in [0.5, 0.6) is 0 Å². The topological polar surface area (TPSA) is 212 Å². The summed E-state index contributed by atoms with van der Waals surface area (Å²) in [4.78, 5) is 58.4. The molecule has 3 heterocycles. The minimum atomic E-state index is -1.82. The molecule has 1 atom stereocenters. The number of amides is 1. The summed E-state index contributed by atoms with van der Waals surface area (Å²) in [6.45, 7) is 7.23. The molecule has 5 rings (SSSR count). The van der Waals surface area contributed by atoms with E-state index in [4.69, 9.17) is 49.3 Å². The maximum atomic E-state index is 12.3. The van der Waals surface area contributed by atoms with E-state index in [1.807, 2.05) is 0 Å². The Hall–Kier alpha value is -4.86. The van der Waals surface area contributed by atoms with Crippen LogP contribution in [0.25, 0.3) is 11.0 Å². The third-order valence-electron chi connectivity index (χ3n) is 7.03. The van der Waals surface area contributed by atoms with E-state index in [2.05, 4.69) is 74.3 Å². The molecule has 2 aromatic carbocycles. The van der Waals surface area contributed by atoms with Gasteiger partial charge in [0, 0.05) is 45.9 Å². The number of fused-ring (bicyclic) bond motifs is 1. The van der Waals surface area contributed by atoms with Crippen molar-refractivity contribution in [3.63, 3.8) is 0 Å². The highest BCUT2D eigenvalue weighted by Crippen LogP contribution is 2.20. The van der Waals surface area contributed by atoms with Crippen molar-refractivity contribution in [3.05, 3.63) is 66.0 Å². The van der Waals surface area contributed by atoms with E-state index in [-0.39, 0.29) is 12.0 Å². The van der Waals surface area contributed by atoms with Gasteiger partial charge in [0.2, 0.25) is 5.91 Å². The molecule has 0 spiro atoms. The van der Waals surface area contributed by atoms with Crippen LogP contribution in [0, 0.1) is 0 Å². The van der Waals surface area contributed by atoms with Crippen LogP contribution in [0.3, 0.4) is 0 Å². The van der Waals surface area contributed by atoms with E-state index in [0.29, 0.717) is 13.1 Å². The first-order chi connectivity index (χ1) is 21.5. The first-order valence-corrected chi connectivity index (χ1v) is 14.3. The van der Waals surface area contributed by atoms with Crippen LogP contribution in [0.1, 0.15) is 24.2 Å². The average Bonchev–Trinajstić information content (AvgIpc) is 3.66. The fourth-order valence-electron chi connectivity index (χ4n) is 4.79. The van der Waals surface area contributed by atoms with E-state index in [1.165, 1.54) is 11.1 Å². The number of rotatable bonds is 8. The second-order valence-electron chi connectivity index (χ2n) is 10.3. The molecule has 0 saturated carbocycles. The van der Waals surface area contributed by atoms with Gasteiger partial charge >= 0.3 is 23.9 Å². The number of carbonyl (C=O) groups excluding carboxylic acids is 1. The van der Waals surface area contributed by atoms with Gasteiger partial charge in [-0.05, 0) is 30.5 Å². The lowest BCUT2D eigenvalue weighted by Crippen LogP contribution is -2.49. The lowest BCUT2D eigenvalue weighted by Gasteiger charge is -2.34. The molecule has 1 aromatic heterocycles. The van der Waals surface area contributed by atoms with Crippen molar-refractivity contribution >= 4 is 40.8 Å². The largest absolute Gasteiger partial charge is 0.473 e. The van der Waals surface area contributed by atoms with Crippen LogP contribution in [0.15, 0.2) is 54.6 Å². The van der Waals surface area contributed by atoms with Crippen LogP contribution < -0.4 is 5.32 Å². The molecule has 15 nitrogen and oxygen atoms in total. The number of hydrogen-bond donors (Lipinski definition) is 5. The lowest BCUT2D eigenvalue weighted by atomic mass is 10.2. The summed E-state index contributed by atoms with van der Waals surface area (Å²) >= 11 is 0. The quantitative estimate of drug-likeness (QED) is 0.219. The van der Waals surface area contributed by atoms with Crippen molar-refractivity contribution in [1.29, 1.82) is 0 Å². The number of aromatic nitrogens is 2. The summed E-state index contributed by atoms with van der Waals surface area (Å²) in [5, 5.41) is 32.6. The Labute approximate surface area is 258 Å². The number of imidazole rings is 1. The zero-order valence-corrected chi connectivity index (χ0v) is 24.6. The zero-order valence-electron chi connectivity index (χ0n) is 24.6. The summed E-state index contributed by atoms with van der Waals surface area (Å²) < 4.78 is 7.93. The van der Waals surface area contributed by atoms with Crippen molar-refractivity contribution < 1.29 is 49.1 Å². The molecule has 2 saturated heterocycles. The Morgan fingerprint density at radius 1 is 0.778 bits per heavy atom. The van der Waals surface area contributed by atoms with Gasteiger partial charge in [-0.2, -0.15) is 0 Å². The van der Waals surface area contributed by atoms with Gasteiger partial charge in [-0.1, -0.05) is 42.5 Å². The van der Waals surface area contributed by atoms with Gasteiger partial charge < -0.3 is 35.0 Å². The Balaban J connectivity index is 0.000000392. The highest BCUT2D eigenvalue weighted by Gasteiger charge is 2.22. The third kappa shape index (κ3) is 11.6. The van der Waals surface area contributed by atoms with Crippen LogP contribution in [-0.4, -0.2) is 122 Å². The molecular weight excluding hydrogens is 590 g/mol. The van der Waals surface area contributed by atoms with Crippen LogP contribution in [-0.2, 0) is 41.8 Å². The number of para-hydroxylation sites is 2. The smallest absolute Gasteiger partial charge is 0.414 e. The first-order valence-electron chi connectivity index (χ1n) is 14.3. The van der Waals surface area contributed by atoms with Gasteiger partial charge in [0.15, 0.2) is 0 Å². The number of carboxylic acid groups (broad SMARTS) is 4. The Kier molecular flexibility index (Phi) is 13.4. The second kappa shape index (κ2) is 17.4. The predicted octanol–water partition coefficient (Wildman–Crippen LogP) is 0.809. The number of ether oxygens (including phenoxy) is 1. The third-order valence-corrected chi connectivity index (χ3v) is 7.03. The molecule has 5 N–H and O–H groups in total. The van der Waals surface area contributed by atoms with E-state index in [0.717, 1.165) is 70.1 Å². The molecule has 15 heteroatoms. The van der Waals surface area contributed by atoms with Crippen molar-refractivity contribution in [3.8, 4) is 0 Å². The average molecular weight is 628 g/mol. The Morgan fingerprint density at radius 2 is 1.36 bits per heavy atom. The number of piperazine rings is 1. The number of aliphatic carboxylic acids is 4. The first kappa shape index (κ1) is 34.6. The molecule has 1 amide bonds. The van der Waals surface area contributed by atoms with Crippen molar-refractivity contribution in [1.82, 2.24) is 24.7 Å². The van der Waals surface area contributed by atoms with Gasteiger partial charge in [-0.25, -0.2) is 24.2 Å². The lowest BCUT2D eigenvalue weighted by molar-refractivity contribution is -0.159. The molecular formula is C30H37N5O10. The molecule has 0 radical (unpaired) electrons. The summed E-state index contributed by atoms with van der Waals surface area (Å²) in [5.41, 5.74) is 3.50. The molecule has 45 heavy (non-hydrogen) atoms. The minimum Gasteiger partial charge on any atom is -0.473 e. The van der Waals surface area contributed by atoms with Gasteiger partial charge in [0.05, 0.1) is 30.2 Å². The Bertz CT molecular complexity index is 1400. The molecule has 1 unspecified atom stereocenters. The van der Waals surface area contributed by atoms with Crippen molar-refractivity contribution in [2.75, 3.05) is 45.9 Å². The number of nitrogens with zero attached hydrogens (tertiary/aromatic N) is 4. The van der Waals surface area contributed by atoms with Crippen LogP contribution >= 0.6 is 0 Å².